The number of ether oxygens (including phenoxy) is 1. The van der Waals surface area contributed by atoms with Gasteiger partial charge in [-0.2, -0.15) is 0 Å². The Hall–Kier alpha value is -3.50. The van der Waals surface area contributed by atoms with Crippen LogP contribution in [0.1, 0.15) is 63.4 Å². The Morgan fingerprint density at radius 3 is 2.49 bits per heavy atom. The Balaban J connectivity index is 1.29. The van der Waals surface area contributed by atoms with Gasteiger partial charge in [-0.3, -0.25) is 0 Å². The van der Waals surface area contributed by atoms with Gasteiger partial charge in [0.15, 0.2) is 11.6 Å². The van der Waals surface area contributed by atoms with Crippen LogP contribution in [0.2, 0.25) is 0 Å². The van der Waals surface area contributed by atoms with Crippen molar-refractivity contribution < 1.29 is 13.5 Å². The van der Waals surface area contributed by atoms with Crippen LogP contribution in [0, 0.1) is 24.5 Å². The lowest BCUT2D eigenvalue weighted by atomic mass is 9.82. The van der Waals surface area contributed by atoms with Crippen LogP contribution in [-0.2, 0) is 4.74 Å². The molecular formula is C31H39F2N7O. The quantitative estimate of drug-likeness (QED) is 0.216. The Morgan fingerprint density at radius 2 is 1.80 bits per heavy atom. The summed E-state index contributed by atoms with van der Waals surface area (Å²) >= 11 is 0. The number of methoxy groups -OCH3 is 1. The maximum absolute atomic E-state index is 15.0. The summed E-state index contributed by atoms with van der Waals surface area (Å²) in [4.78, 5) is 20.0. The van der Waals surface area contributed by atoms with Crippen molar-refractivity contribution in [3.8, 4) is 11.3 Å². The monoisotopic (exact) mass is 563 g/mol. The summed E-state index contributed by atoms with van der Waals surface area (Å²) in [6, 6.07) is 7.04. The summed E-state index contributed by atoms with van der Waals surface area (Å²) in [5, 5.41) is 3.07. The molecule has 1 aliphatic heterocycles. The van der Waals surface area contributed by atoms with Gasteiger partial charge in [-0.05, 0) is 88.7 Å². The van der Waals surface area contributed by atoms with Crippen LogP contribution in [0.4, 0.5) is 20.5 Å². The Morgan fingerprint density at radius 1 is 1.02 bits per heavy atom. The van der Waals surface area contributed by atoms with Gasteiger partial charge in [0.2, 0.25) is 5.95 Å². The minimum Gasteiger partial charge on any atom is -0.385 e. The van der Waals surface area contributed by atoms with E-state index >= 15 is 4.39 Å². The van der Waals surface area contributed by atoms with E-state index in [1.807, 2.05) is 37.6 Å². The van der Waals surface area contributed by atoms with E-state index in [1.54, 1.807) is 13.2 Å². The van der Waals surface area contributed by atoms with E-state index < -0.39 is 11.6 Å². The van der Waals surface area contributed by atoms with Gasteiger partial charge in [-0.25, -0.2) is 28.7 Å². The molecule has 0 aliphatic carbocycles. The molecule has 1 N–H and O–H groups in total. The van der Waals surface area contributed by atoms with E-state index in [0.717, 1.165) is 38.9 Å². The lowest BCUT2D eigenvalue weighted by Gasteiger charge is -2.35. The van der Waals surface area contributed by atoms with E-state index in [2.05, 4.69) is 43.1 Å². The molecule has 0 bridgehead atoms. The molecule has 0 amide bonds. The molecule has 1 saturated heterocycles. The predicted octanol–water partition coefficient (Wildman–Crippen LogP) is 6.65. The molecule has 41 heavy (non-hydrogen) atoms. The fraction of sp³-hybridized carbons (Fsp3) is 0.484. The van der Waals surface area contributed by atoms with Crippen LogP contribution >= 0.6 is 0 Å². The molecule has 0 spiro atoms. The number of pyridine rings is 1. The third-order valence-electron chi connectivity index (χ3n) is 8.17. The number of benzene rings is 1. The number of imidazole rings is 1. The standard InChI is InChI=1S/C31H39F2N7O/c1-19(2)40-21(4)36-30-25(32)15-24(16-27(30)40)29-26(33)18-35-31(38-29)37-28-8-7-23(17-34-28)20(3)22-9-12-39(13-10-22)11-6-14-41-5/h7-8,15-20,22H,6,9-14H2,1-5H3,(H,34,35,37,38). The summed E-state index contributed by atoms with van der Waals surface area (Å²) < 4.78 is 37.0. The van der Waals surface area contributed by atoms with Crippen molar-refractivity contribution >= 4 is 22.8 Å². The SMILES string of the molecule is COCCCN1CCC(C(C)c2ccc(Nc3ncc(F)c(-c4cc(F)c5nc(C)n(C(C)C)c5c4)n3)nc2)CC1. The first kappa shape index (κ1) is 29.0. The highest BCUT2D eigenvalue weighted by atomic mass is 19.1. The van der Waals surface area contributed by atoms with Gasteiger partial charge in [-0.15, -0.1) is 0 Å². The van der Waals surface area contributed by atoms with Crippen molar-refractivity contribution in [3.05, 3.63) is 59.7 Å². The zero-order chi connectivity index (χ0) is 29.1. The summed E-state index contributed by atoms with van der Waals surface area (Å²) in [5.74, 6) is 1.30. The van der Waals surface area contributed by atoms with Crippen molar-refractivity contribution in [1.82, 2.24) is 29.4 Å². The van der Waals surface area contributed by atoms with Crippen LogP contribution in [0.25, 0.3) is 22.3 Å². The molecule has 218 valence electrons. The van der Waals surface area contributed by atoms with E-state index in [0.29, 0.717) is 34.6 Å². The molecule has 5 rings (SSSR count). The van der Waals surface area contributed by atoms with Crippen LogP contribution in [0.15, 0.2) is 36.7 Å². The van der Waals surface area contributed by atoms with Crippen molar-refractivity contribution in [1.29, 1.82) is 0 Å². The molecule has 1 aliphatic rings. The number of hydrogen-bond acceptors (Lipinski definition) is 7. The van der Waals surface area contributed by atoms with Crippen molar-refractivity contribution in [2.24, 2.45) is 5.92 Å². The van der Waals surface area contributed by atoms with Crippen LogP contribution < -0.4 is 5.32 Å². The molecule has 8 nitrogen and oxygen atoms in total. The Labute approximate surface area is 240 Å². The fourth-order valence-corrected chi connectivity index (χ4v) is 5.93. The highest BCUT2D eigenvalue weighted by Crippen LogP contribution is 2.33. The fourth-order valence-electron chi connectivity index (χ4n) is 5.93. The van der Waals surface area contributed by atoms with Gasteiger partial charge in [0.05, 0.1) is 11.7 Å². The molecular weight excluding hydrogens is 524 g/mol. The number of halogens is 2. The number of hydrogen-bond donors (Lipinski definition) is 1. The van der Waals surface area contributed by atoms with E-state index in [9.17, 15) is 4.39 Å². The van der Waals surface area contributed by atoms with Gasteiger partial charge >= 0.3 is 0 Å². The molecule has 1 unspecified atom stereocenters. The molecule has 0 radical (unpaired) electrons. The number of nitrogens with zero attached hydrogens (tertiary/aromatic N) is 6. The number of aromatic nitrogens is 5. The Kier molecular flexibility index (Phi) is 8.89. The average molecular weight is 564 g/mol. The first-order valence-electron chi connectivity index (χ1n) is 14.4. The second-order valence-electron chi connectivity index (χ2n) is 11.3. The summed E-state index contributed by atoms with van der Waals surface area (Å²) in [6.07, 6.45) is 6.40. The number of nitrogens with one attached hydrogen (secondary N) is 1. The Bertz CT molecular complexity index is 1480. The molecule has 10 heteroatoms. The van der Waals surface area contributed by atoms with Gasteiger partial charge in [0, 0.05) is 38.1 Å². The molecule has 4 aromatic rings. The van der Waals surface area contributed by atoms with E-state index in [4.69, 9.17) is 4.74 Å². The smallest absolute Gasteiger partial charge is 0.229 e. The predicted molar refractivity (Wildman–Crippen MR) is 157 cm³/mol. The van der Waals surface area contributed by atoms with E-state index in [1.165, 1.54) is 24.5 Å². The topological polar surface area (TPSA) is 81.0 Å². The van der Waals surface area contributed by atoms with Gasteiger partial charge in [0.1, 0.15) is 22.9 Å². The summed E-state index contributed by atoms with van der Waals surface area (Å²) in [6.45, 7) is 12.2. The third kappa shape index (κ3) is 6.38. The number of likely N-dealkylation sites (tertiary alicyclic amines) is 1. The third-order valence-corrected chi connectivity index (χ3v) is 8.17. The second kappa shape index (κ2) is 12.6. The molecule has 1 atom stereocenters. The summed E-state index contributed by atoms with van der Waals surface area (Å²) in [5.41, 5.74) is 2.38. The number of anilines is 2. The molecule has 0 saturated carbocycles. The van der Waals surface area contributed by atoms with Crippen molar-refractivity contribution in [2.75, 3.05) is 38.7 Å². The highest BCUT2D eigenvalue weighted by molar-refractivity contribution is 5.83. The van der Waals surface area contributed by atoms with Crippen LogP contribution in [0.5, 0.6) is 0 Å². The summed E-state index contributed by atoms with van der Waals surface area (Å²) in [7, 11) is 1.75. The van der Waals surface area contributed by atoms with Crippen LogP contribution in [-0.4, -0.2) is 62.8 Å². The van der Waals surface area contributed by atoms with E-state index in [-0.39, 0.29) is 23.2 Å². The number of piperidine rings is 1. The maximum Gasteiger partial charge on any atom is 0.229 e. The highest BCUT2D eigenvalue weighted by Gasteiger charge is 2.25. The van der Waals surface area contributed by atoms with Crippen molar-refractivity contribution in [2.45, 2.75) is 58.9 Å². The molecule has 4 heterocycles. The number of aryl methyl sites for hydroxylation is 1. The first-order valence-corrected chi connectivity index (χ1v) is 14.4. The van der Waals surface area contributed by atoms with Gasteiger partial charge < -0.3 is 19.5 Å². The zero-order valence-electron chi connectivity index (χ0n) is 24.5. The molecule has 1 aromatic carbocycles. The molecule has 3 aromatic heterocycles. The van der Waals surface area contributed by atoms with Crippen molar-refractivity contribution in [3.63, 3.8) is 0 Å². The second-order valence-corrected chi connectivity index (χ2v) is 11.3. The first-order chi connectivity index (χ1) is 19.7. The average Bonchev–Trinajstić information content (AvgIpc) is 3.31. The van der Waals surface area contributed by atoms with Gasteiger partial charge in [0.25, 0.3) is 0 Å². The van der Waals surface area contributed by atoms with Crippen LogP contribution in [0.3, 0.4) is 0 Å². The molecule has 1 fully saturated rings. The lowest BCUT2D eigenvalue weighted by Crippen LogP contribution is -2.36. The largest absolute Gasteiger partial charge is 0.385 e. The minimum absolute atomic E-state index is 0.0104. The lowest BCUT2D eigenvalue weighted by molar-refractivity contribution is 0.141. The zero-order valence-corrected chi connectivity index (χ0v) is 24.5. The number of rotatable bonds is 10. The maximum atomic E-state index is 15.0. The van der Waals surface area contributed by atoms with Gasteiger partial charge in [-0.1, -0.05) is 13.0 Å². The minimum atomic E-state index is -0.636. The number of fused-ring (bicyclic) bond motifs is 1. The normalized spacial score (nSPS) is 15.6.